The highest BCUT2D eigenvalue weighted by Gasteiger charge is 2.39. The first-order chi connectivity index (χ1) is 11.6. The van der Waals surface area contributed by atoms with Crippen LogP contribution in [0.15, 0.2) is 48.5 Å². The molecule has 2 aromatic carbocycles. The van der Waals surface area contributed by atoms with E-state index in [0.29, 0.717) is 17.3 Å². The van der Waals surface area contributed by atoms with Crippen LogP contribution in [0.1, 0.15) is 13.3 Å². The summed E-state index contributed by atoms with van der Waals surface area (Å²) < 4.78 is 5.39. The first-order valence-electron chi connectivity index (χ1n) is 7.70. The molecule has 2 amide bonds. The number of halogens is 1. The molecule has 0 saturated carbocycles. The van der Waals surface area contributed by atoms with Gasteiger partial charge in [-0.15, -0.1) is 0 Å². The van der Waals surface area contributed by atoms with Crippen LogP contribution in [0.2, 0.25) is 5.02 Å². The molecule has 124 valence electrons. The van der Waals surface area contributed by atoms with Crippen LogP contribution >= 0.6 is 11.6 Å². The van der Waals surface area contributed by atoms with Gasteiger partial charge in [-0.25, -0.2) is 4.90 Å². The zero-order chi connectivity index (χ0) is 17.1. The molecule has 1 saturated heterocycles. The molecule has 0 radical (unpaired) electrons. The summed E-state index contributed by atoms with van der Waals surface area (Å²) in [5, 5.41) is 3.59. The van der Waals surface area contributed by atoms with Crippen molar-refractivity contribution in [2.24, 2.45) is 0 Å². The van der Waals surface area contributed by atoms with Crippen LogP contribution in [0.3, 0.4) is 0 Å². The van der Waals surface area contributed by atoms with Crippen molar-refractivity contribution in [1.29, 1.82) is 0 Å². The standard InChI is InChI=1S/C18H17ClN2O3/c1-2-24-15-8-6-13(7-9-15)20-16-11-17(22)21(18(16)23)14-5-3-4-12(19)10-14/h3-10,16,20H,2,11H2,1H3/t16-/m0/s1. The van der Waals surface area contributed by atoms with Gasteiger partial charge in [0, 0.05) is 10.7 Å². The van der Waals surface area contributed by atoms with Gasteiger partial charge in [-0.05, 0) is 49.4 Å². The topological polar surface area (TPSA) is 58.6 Å². The van der Waals surface area contributed by atoms with Gasteiger partial charge in [-0.3, -0.25) is 9.59 Å². The van der Waals surface area contributed by atoms with Gasteiger partial charge in [0.25, 0.3) is 5.91 Å². The summed E-state index contributed by atoms with van der Waals surface area (Å²) in [4.78, 5) is 26.0. The lowest BCUT2D eigenvalue weighted by Gasteiger charge is -2.16. The van der Waals surface area contributed by atoms with E-state index in [2.05, 4.69) is 5.32 Å². The number of amides is 2. The van der Waals surface area contributed by atoms with Gasteiger partial charge in [0.05, 0.1) is 18.7 Å². The molecule has 0 aliphatic carbocycles. The van der Waals surface area contributed by atoms with E-state index in [1.807, 2.05) is 31.2 Å². The van der Waals surface area contributed by atoms with E-state index in [1.165, 1.54) is 4.90 Å². The quantitative estimate of drug-likeness (QED) is 0.844. The van der Waals surface area contributed by atoms with Crippen LogP contribution in [0.5, 0.6) is 5.75 Å². The Balaban J connectivity index is 1.74. The number of carbonyl (C=O) groups excluding carboxylic acids is 2. The summed E-state index contributed by atoms with van der Waals surface area (Å²) in [6.07, 6.45) is 0.110. The summed E-state index contributed by atoms with van der Waals surface area (Å²) in [6.45, 7) is 2.51. The molecular weight excluding hydrogens is 328 g/mol. The summed E-state index contributed by atoms with van der Waals surface area (Å²) in [6, 6.07) is 13.4. The zero-order valence-corrected chi connectivity index (χ0v) is 13.9. The Morgan fingerprint density at radius 3 is 2.62 bits per heavy atom. The van der Waals surface area contributed by atoms with Gasteiger partial charge in [0.15, 0.2) is 0 Å². The molecule has 1 aliphatic rings. The van der Waals surface area contributed by atoms with Gasteiger partial charge in [0.1, 0.15) is 11.8 Å². The highest BCUT2D eigenvalue weighted by molar-refractivity contribution is 6.31. The van der Waals surface area contributed by atoms with Crippen LogP contribution < -0.4 is 15.0 Å². The smallest absolute Gasteiger partial charge is 0.256 e. The second-order valence-electron chi connectivity index (χ2n) is 5.41. The Bertz CT molecular complexity index is 761. The Labute approximate surface area is 145 Å². The molecular formula is C18H17ClN2O3. The molecule has 0 bridgehead atoms. The number of hydrogen-bond acceptors (Lipinski definition) is 4. The summed E-state index contributed by atoms with van der Waals surface area (Å²) in [5.41, 5.74) is 1.26. The monoisotopic (exact) mass is 344 g/mol. The minimum absolute atomic E-state index is 0.110. The summed E-state index contributed by atoms with van der Waals surface area (Å²) in [5.74, 6) is 0.235. The van der Waals surface area contributed by atoms with E-state index in [4.69, 9.17) is 16.3 Å². The number of rotatable bonds is 5. The van der Waals surface area contributed by atoms with Crippen molar-refractivity contribution in [3.05, 3.63) is 53.6 Å². The zero-order valence-electron chi connectivity index (χ0n) is 13.2. The van der Waals surface area contributed by atoms with Crippen molar-refractivity contribution in [1.82, 2.24) is 0 Å². The molecule has 1 heterocycles. The molecule has 0 unspecified atom stereocenters. The van der Waals surface area contributed by atoms with Crippen molar-refractivity contribution in [2.45, 2.75) is 19.4 Å². The van der Waals surface area contributed by atoms with E-state index in [9.17, 15) is 9.59 Å². The number of ether oxygens (including phenoxy) is 1. The molecule has 1 N–H and O–H groups in total. The number of nitrogens with one attached hydrogen (secondary N) is 1. The normalized spacial score (nSPS) is 17.2. The third kappa shape index (κ3) is 3.36. The number of carbonyl (C=O) groups is 2. The molecule has 6 heteroatoms. The van der Waals surface area contributed by atoms with E-state index in [-0.39, 0.29) is 18.2 Å². The third-order valence-corrected chi connectivity index (χ3v) is 3.95. The number of imide groups is 1. The van der Waals surface area contributed by atoms with E-state index >= 15 is 0 Å². The Hall–Kier alpha value is -2.53. The van der Waals surface area contributed by atoms with Gasteiger partial charge in [-0.1, -0.05) is 17.7 Å². The van der Waals surface area contributed by atoms with Gasteiger partial charge >= 0.3 is 0 Å². The molecule has 2 aromatic rings. The van der Waals surface area contributed by atoms with Crippen LogP contribution in [0.25, 0.3) is 0 Å². The molecule has 0 aromatic heterocycles. The van der Waals surface area contributed by atoms with E-state index < -0.39 is 6.04 Å². The van der Waals surface area contributed by atoms with Crippen LogP contribution in [-0.4, -0.2) is 24.5 Å². The van der Waals surface area contributed by atoms with E-state index in [1.54, 1.807) is 24.3 Å². The first kappa shape index (κ1) is 16.3. The molecule has 24 heavy (non-hydrogen) atoms. The Morgan fingerprint density at radius 1 is 1.21 bits per heavy atom. The van der Waals surface area contributed by atoms with Crippen molar-refractivity contribution < 1.29 is 14.3 Å². The predicted octanol–water partition coefficient (Wildman–Crippen LogP) is 3.48. The molecule has 0 spiro atoms. The highest BCUT2D eigenvalue weighted by Crippen LogP contribution is 2.27. The van der Waals surface area contributed by atoms with Crippen LogP contribution in [-0.2, 0) is 9.59 Å². The van der Waals surface area contributed by atoms with Crippen molar-refractivity contribution in [3.63, 3.8) is 0 Å². The minimum Gasteiger partial charge on any atom is -0.494 e. The lowest BCUT2D eigenvalue weighted by molar-refractivity contribution is -0.121. The Morgan fingerprint density at radius 2 is 1.96 bits per heavy atom. The fourth-order valence-corrected chi connectivity index (χ4v) is 2.83. The van der Waals surface area contributed by atoms with Crippen molar-refractivity contribution in [2.75, 3.05) is 16.8 Å². The number of anilines is 2. The van der Waals surface area contributed by atoms with Gasteiger partial charge in [-0.2, -0.15) is 0 Å². The predicted molar refractivity (Wildman–Crippen MR) is 93.6 cm³/mol. The Kier molecular flexibility index (Phi) is 4.71. The largest absolute Gasteiger partial charge is 0.494 e. The number of benzene rings is 2. The second-order valence-corrected chi connectivity index (χ2v) is 5.84. The second kappa shape index (κ2) is 6.93. The number of nitrogens with zero attached hydrogens (tertiary/aromatic N) is 1. The highest BCUT2D eigenvalue weighted by atomic mass is 35.5. The maximum atomic E-state index is 12.6. The first-order valence-corrected chi connectivity index (χ1v) is 8.08. The molecule has 1 atom stereocenters. The fourth-order valence-electron chi connectivity index (χ4n) is 2.65. The average Bonchev–Trinajstić information content (AvgIpc) is 2.83. The van der Waals surface area contributed by atoms with Crippen molar-refractivity contribution >= 4 is 34.8 Å². The minimum atomic E-state index is -0.588. The SMILES string of the molecule is CCOc1ccc(N[C@H]2CC(=O)N(c3cccc(Cl)c3)C2=O)cc1. The maximum absolute atomic E-state index is 12.6. The maximum Gasteiger partial charge on any atom is 0.256 e. The third-order valence-electron chi connectivity index (χ3n) is 3.72. The molecule has 1 aliphatic heterocycles. The summed E-state index contributed by atoms with van der Waals surface area (Å²) in [7, 11) is 0. The fraction of sp³-hybridized carbons (Fsp3) is 0.222. The lowest BCUT2D eigenvalue weighted by Crippen LogP contribution is -2.34. The van der Waals surface area contributed by atoms with Crippen molar-refractivity contribution in [3.8, 4) is 5.75 Å². The van der Waals surface area contributed by atoms with Crippen LogP contribution in [0, 0.1) is 0 Å². The molecule has 5 nitrogen and oxygen atoms in total. The van der Waals surface area contributed by atoms with E-state index in [0.717, 1.165) is 11.4 Å². The molecule has 3 rings (SSSR count). The molecule has 1 fully saturated rings. The van der Waals surface area contributed by atoms with Gasteiger partial charge < -0.3 is 10.1 Å². The average molecular weight is 345 g/mol. The van der Waals surface area contributed by atoms with Gasteiger partial charge in [0.2, 0.25) is 5.91 Å². The van der Waals surface area contributed by atoms with Crippen LogP contribution in [0.4, 0.5) is 11.4 Å². The lowest BCUT2D eigenvalue weighted by atomic mass is 10.2. The summed E-state index contributed by atoms with van der Waals surface area (Å²) >= 11 is 5.95. The number of hydrogen-bond donors (Lipinski definition) is 1.